The van der Waals surface area contributed by atoms with Crippen LogP contribution >= 0.6 is 7.82 Å². The third kappa shape index (κ3) is 23.8. The van der Waals surface area contributed by atoms with Crippen LogP contribution < -0.4 is 0 Å². The van der Waals surface area contributed by atoms with Crippen molar-refractivity contribution in [2.24, 2.45) is 5.11 Å². The fourth-order valence-electron chi connectivity index (χ4n) is 4.57. The summed E-state index contributed by atoms with van der Waals surface area (Å²) in [6, 6.07) is -0.633. The molecule has 0 fully saturated rings. The first-order valence-electron chi connectivity index (χ1n) is 16.3. The van der Waals surface area contributed by atoms with E-state index in [1.807, 2.05) is 6.92 Å². The van der Waals surface area contributed by atoms with E-state index in [1.54, 1.807) is 0 Å². The summed E-state index contributed by atoms with van der Waals surface area (Å²) >= 11 is 0. The van der Waals surface area contributed by atoms with E-state index in [9.17, 15) is 14.9 Å². The van der Waals surface area contributed by atoms with Gasteiger partial charge < -0.3 is 4.74 Å². The summed E-state index contributed by atoms with van der Waals surface area (Å²) < 4.78 is 34.9. The molecule has 0 N–H and O–H groups in total. The Morgan fingerprint density at radius 1 is 0.780 bits per heavy atom. The normalized spacial score (nSPS) is 14.1. The van der Waals surface area contributed by atoms with Gasteiger partial charge in [0.1, 0.15) is 6.10 Å². The van der Waals surface area contributed by atoms with Gasteiger partial charge in [0, 0.05) is 11.3 Å². The summed E-state index contributed by atoms with van der Waals surface area (Å²) in [6.45, 7) is 10.1. The number of esters is 1. The lowest BCUT2D eigenvalue weighted by Crippen LogP contribution is -2.31. The number of hydrogen-bond acceptors (Lipinski definition) is 7. The molecular weight excluding hydrogens is 541 g/mol. The fraction of sp³-hybridized carbons (Fsp3) is 0.903. The molecule has 0 aromatic carbocycles. The van der Waals surface area contributed by atoms with Gasteiger partial charge in [-0.25, -0.2) is 4.57 Å². The predicted molar refractivity (Wildman–Crippen MR) is 168 cm³/mol. The molecule has 0 amide bonds. The molecule has 0 aliphatic carbocycles. The SMILES string of the molecule is C=CCOP(=O)(OCCC)OCC[C@H](N=[N+]=[N-])C(CCCCCCCCCC)OC(=O)CCCCCCCCCC. The fourth-order valence-corrected chi connectivity index (χ4v) is 5.82. The molecule has 240 valence electrons. The Bertz CT molecular complexity index is 733. The van der Waals surface area contributed by atoms with Crippen LogP contribution in [0.2, 0.25) is 0 Å². The van der Waals surface area contributed by atoms with Crippen molar-refractivity contribution in [1.29, 1.82) is 0 Å². The van der Waals surface area contributed by atoms with Gasteiger partial charge in [0.15, 0.2) is 0 Å². The van der Waals surface area contributed by atoms with Crippen molar-refractivity contribution in [3.63, 3.8) is 0 Å². The zero-order valence-corrected chi connectivity index (χ0v) is 27.3. The number of ether oxygens (including phenoxy) is 1. The minimum atomic E-state index is -3.77. The monoisotopic (exact) mass is 601 g/mol. The highest BCUT2D eigenvalue weighted by atomic mass is 31.2. The third-order valence-corrected chi connectivity index (χ3v) is 8.42. The molecule has 0 heterocycles. The number of rotatable bonds is 31. The molecule has 0 saturated carbocycles. The molecule has 3 atom stereocenters. The molecule has 0 aliphatic heterocycles. The van der Waals surface area contributed by atoms with Crippen molar-refractivity contribution < 1.29 is 27.7 Å². The average molecular weight is 602 g/mol. The summed E-state index contributed by atoms with van der Waals surface area (Å²) in [5.41, 5.74) is 9.26. The zero-order chi connectivity index (χ0) is 30.4. The second kappa shape index (κ2) is 28.7. The van der Waals surface area contributed by atoms with Gasteiger partial charge in [-0.2, -0.15) is 0 Å². The molecule has 0 aromatic heterocycles. The molecule has 41 heavy (non-hydrogen) atoms. The molecule has 0 saturated heterocycles. The van der Waals surface area contributed by atoms with Gasteiger partial charge in [-0.05, 0) is 37.6 Å². The minimum absolute atomic E-state index is 0.0225. The highest BCUT2D eigenvalue weighted by molar-refractivity contribution is 7.48. The van der Waals surface area contributed by atoms with Crippen molar-refractivity contribution in [2.45, 2.75) is 161 Å². The molecular formula is C31H60N3O6P. The largest absolute Gasteiger partial charge is 0.475 e. The number of hydrogen-bond donors (Lipinski definition) is 0. The minimum Gasteiger partial charge on any atom is -0.462 e. The van der Waals surface area contributed by atoms with Crippen LogP contribution in [0.4, 0.5) is 0 Å². The standard InChI is InChI=1S/C31H60N3O6P/c1-5-9-11-13-15-17-19-21-23-30(40-31(35)24-22-20-18-16-14-12-10-6-2)29(33-34-32)25-28-39-41(36,37-26-7-3)38-27-8-4/h7,29-30H,3,5-6,8-28H2,1-2,4H3/t29-,30?,41?/m0/s1. The van der Waals surface area contributed by atoms with Crippen LogP contribution in [-0.2, 0) is 27.7 Å². The van der Waals surface area contributed by atoms with E-state index in [0.717, 1.165) is 38.5 Å². The molecule has 9 nitrogen and oxygen atoms in total. The number of unbranched alkanes of at least 4 members (excludes halogenated alkanes) is 14. The zero-order valence-electron chi connectivity index (χ0n) is 26.4. The molecule has 0 aromatic rings. The van der Waals surface area contributed by atoms with Crippen LogP contribution in [0.5, 0.6) is 0 Å². The third-order valence-electron chi connectivity index (χ3n) is 6.96. The first kappa shape index (κ1) is 39.6. The summed E-state index contributed by atoms with van der Waals surface area (Å²) in [4.78, 5) is 15.8. The lowest BCUT2D eigenvalue weighted by Gasteiger charge is -2.25. The van der Waals surface area contributed by atoms with Crippen molar-refractivity contribution in [3.8, 4) is 0 Å². The Kier molecular flexibility index (Phi) is 27.8. The van der Waals surface area contributed by atoms with Crippen LogP contribution in [0.1, 0.15) is 149 Å². The quantitative estimate of drug-likeness (QED) is 0.0148. The van der Waals surface area contributed by atoms with Gasteiger partial charge in [0.2, 0.25) is 0 Å². The Morgan fingerprint density at radius 3 is 1.85 bits per heavy atom. The van der Waals surface area contributed by atoms with Crippen LogP contribution in [0.3, 0.4) is 0 Å². The van der Waals surface area contributed by atoms with Crippen molar-refractivity contribution in [2.75, 3.05) is 19.8 Å². The van der Waals surface area contributed by atoms with E-state index in [-0.39, 0.29) is 32.2 Å². The molecule has 0 radical (unpaired) electrons. The maximum atomic E-state index is 12.9. The number of carbonyl (C=O) groups is 1. The average Bonchev–Trinajstić information content (AvgIpc) is 2.97. The molecule has 2 unspecified atom stereocenters. The lowest BCUT2D eigenvalue weighted by atomic mass is 10.0. The predicted octanol–water partition coefficient (Wildman–Crippen LogP) is 10.8. The highest BCUT2D eigenvalue weighted by Gasteiger charge is 2.29. The first-order valence-corrected chi connectivity index (χ1v) is 17.8. The van der Waals surface area contributed by atoms with Gasteiger partial charge in [-0.1, -0.05) is 122 Å². The number of azide groups is 1. The Hall–Kier alpha value is -1.37. The maximum Gasteiger partial charge on any atom is 0.475 e. The van der Waals surface area contributed by atoms with E-state index in [1.165, 1.54) is 70.3 Å². The Morgan fingerprint density at radius 2 is 1.32 bits per heavy atom. The van der Waals surface area contributed by atoms with E-state index >= 15 is 0 Å². The number of phosphoric acid groups is 1. The van der Waals surface area contributed by atoms with Crippen LogP contribution in [0.25, 0.3) is 10.4 Å². The number of nitrogens with zero attached hydrogens (tertiary/aromatic N) is 3. The lowest BCUT2D eigenvalue weighted by molar-refractivity contribution is -0.151. The Balaban J connectivity index is 5.00. The van der Waals surface area contributed by atoms with E-state index in [2.05, 4.69) is 30.5 Å². The molecule has 0 aliphatic rings. The van der Waals surface area contributed by atoms with E-state index in [4.69, 9.17) is 18.3 Å². The number of carbonyl (C=O) groups excluding carboxylic acids is 1. The second-order valence-corrected chi connectivity index (χ2v) is 12.4. The maximum absolute atomic E-state index is 12.9. The number of phosphoric ester groups is 1. The van der Waals surface area contributed by atoms with Gasteiger partial charge in [0.25, 0.3) is 0 Å². The summed E-state index contributed by atoms with van der Waals surface area (Å²) in [7, 11) is -3.77. The molecule has 10 heteroatoms. The van der Waals surface area contributed by atoms with Crippen LogP contribution in [0, 0.1) is 0 Å². The second-order valence-electron chi connectivity index (χ2n) is 10.8. The van der Waals surface area contributed by atoms with Gasteiger partial charge in [-0.15, -0.1) is 6.58 Å². The smallest absolute Gasteiger partial charge is 0.462 e. The van der Waals surface area contributed by atoms with E-state index in [0.29, 0.717) is 19.3 Å². The van der Waals surface area contributed by atoms with Crippen LogP contribution in [0.15, 0.2) is 17.8 Å². The first-order chi connectivity index (χ1) is 20.0. The highest BCUT2D eigenvalue weighted by Crippen LogP contribution is 2.49. The van der Waals surface area contributed by atoms with Crippen molar-refractivity contribution in [3.05, 3.63) is 23.1 Å². The molecule has 0 spiro atoms. The van der Waals surface area contributed by atoms with Gasteiger partial charge in [0.05, 0.1) is 25.9 Å². The van der Waals surface area contributed by atoms with Gasteiger partial charge >= 0.3 is 13.8 Å². The Labute approximate surface area is 250 Å². The van der Waals surface area contributed by atoms with Crippen molar-refractivity contribution >= 4 is 13.8 Å². The van der Waals surface area contributed by atoms with E-state index < -0.39 is 20.0 Å². The van der Waals surface area contributed by atoms with Crippen molar-refractivity contribution in [1.82, 2.24) is 0 Å². The van der Waals surface area contributed by atoms with Gasteiger partial charge in [-0.3, -0.25) is 18.4 Å². The topological polar surface area (TPSA) is 120 Å². The molecule has 0 rings (SSSR count). The summed E-state index contributed by atoms with van der Waals surface area (Å²) in [6.07, 6.45) is 21.3. The van der Waals surface area contributed by atoms with Crippen LogP contribution in [-0.4, -0.2) is 37.9 Å². The molecule has 0 bridgehead atoms. The summed E-state index contributed by atoms with van der Waals surface area (Å²) in [5, 5.41) is 3.95. The summed E-state index contributed by atoms with van der Waals surface area (Å²) in [5.74, 6) is -0.258.